The molecule has 0 aromatic heterocycles. The molecule has 3 aromatic carbocycles. The summed E-state index contributed by atoms with van der Waals surface area (Å²) in [6.45, 7) is 0. The van der Waals surface area contributed by atoms with Gasteiger partial charge in [-0.2, -0.15) is 12.6 Å². The van der Waals surface area contributed by atoms with Crippen LogP contribution < -0.4 is 21.7 Å². The van der Waals surface area contributed by atoms with Crippen molar-refractivity contribution in [1.29, 1.82) is 0 Å². The Kier molecular flexibility index (Phi) is 11.7. The maximum absolute atomic E-state index is 13.6. The SMILES string of the molecule is N[C@@H](Cc1ccccc1)C(=O)N[C@@H](Cc1ccc(O)cc1)C(=O)N[C@@H](Cc1ccccc1)C(=O)N[C@@H](CS)C(=O)O. The fourth-order valence-corrected chi connectivity index (χ4v) is 4.35. The molecule has 3 rings (SSSR count). The molecule has 0 saturated carbocycles. The summed E-state index contributed by atoms with van der Waals surface area (Å²) < 4.78 is 0. The number of phenolic OH excluding ortho intramolecular Hbond substituents is 1. The van der Waals surface area contributed by atoms with E-state index in [2.05, 4.69) is 28.6 Å². The van der Waals surface area contributed by atoms with Crippen LogP contribution in [0.4, 0.5) is 0 Å². The van der Waals surface area contributed by atoms with Crippen molar-refractivity contribution in [2.75, 3.05) is 5.75 Å². The van der Waals surface area contributed by atoms with Crippen molar-refractivity contribution in [3.8, 4) is 5.75 Å². The van der Waals surface area contributed by atoms with Gasteiger partial charge < -0.3 is 31.9 Å². The number of amides is 3. The molecule has 3 amide bonds. The average molecular weight is 579 g/mol. The lowest BCUT2D eigenvalue weighted by Gasteiger charge is -2.25. The smallest absolute Gasteiger partial charge is 0.327 e. The van der Waals surface area contributed by atoms with Gasteiger partial charge >= 0.3 is 5.97 Å². The van der Waals surface area contributed by atoms with Crippen LogP contribution in [0.3, 0.4) is 0 Å². The molecule has 216 valence electrons. The van der Waals surface area contributed by atoms with E-state index in [0.717, 1.165) is 11.1 Å². The molecule has 0 spiro atoms. The van der Waals surface area contributed by atoms with Gasteiger partial charge in [-0.15, -0.1) is 0 Å². The first-order chi connectivity index (χ1) is 19.7. The lowest BCUT2D eigenvalue weighted by atomic mass is 10.0. The Morgan fingerprint density at radius 1 is 0.634 bits per heavy atom. The average Bonchev–Trinajstić information content (AvgIpc) is 2.96. The topological polar surface area (TPSA) is 171 Å². The minimum absolute atomic E-state index is 0.0421. The third-order valence-corrected chi connectivity index (χ3v) is 6.72. The van der Waals surface area contributed by atoms with Gasteiger partial charge in [0, 0.05) is 18.6 Å². The monoisotopic (exact) mass is 578 g/mol. The summed E-state index contributed by atoms with van der Waals surface area (Å²) in [4.78, 5) is 51.3. The predicted molar refractivity (Wildman–Crippen MR) is 157 cm³/mol. The Morgan fingerprint density at radius 3 is 1.51 bits per heavy atom. The number of hydrogen-bond donors (Lipinski definition) is 7. The van der Waals surface area contributed by atoms with Gasteiger partial charge in [-0.3, -0.25) is 14.4 Å². The number of phenols is 1. The van der Waals surface area contributed by atoms with Crippen LogP contribution in [0.15, 0.2) is 84.9 Å². The van der Waals surface area contributed by atoms with Crippen LogP contribution in [0.1, 0.15) is 16.7 Å². The molecule has 11 heteroatoms. The zero-order chi connectivity index (χ0) is 29.8. The minimum atomic E-state index is -1.26. The Labute approximate surface area is 243 Å². The normalized spacial score (nSPS) is 13.7. The summed E-state index contributed by atoms with van der Waals surface area (Å²) in [5.41, 5.74) is 8.39. The maximum Gasteiger partial charge on any atom is 0.327 e. The van der Waals surface area contributed by atoms with Gasteiger partial charge in [0.05, 0.1) is 6.04 Å². The van der Waals surface area contributed by atoms with Crippen LogP contribution in [0.25, 0.3) is 0 Å². The number of benzene rings is 3. The number of thiol groups is 1. The zero-order valence-electron chi connectivity index (χ0n) is 22.3. The summed E-state index contributed by atoms with van der Waals surface area (Å²) >= 11 is 3.99. The van der Waals surface area contributed by atoms with E-state index in [1.807, 2.05) is 30.3 Å². The molecule has 10 nitrogen and oxygen atoms in total. The number of carbonyl (C=O) groups excluding carboxylic acids is 3. The number of nitrogens with two attached hydrogens (primary N) is 1. The fraction of sp³-hybridized carbons (Fsp3) is 0.267. The van der Waals surface area contributed by atoms with Crippen molar-refractivity contribution in [1.82, 2.24) is 16.0 Å². The zero-order valence-corrected chi connectivity index (χ0v) is 23.2. The highest BCUT2D eigenvalue weighted by Gasteiger charge is 2.30. The van der Waals surface area contributed by atoms with E-state index in [0.29, 0.717) is 5.56 Å². The van der Waals surface area contributed by atoms with Gasteiger partial charge in [0.15, 0.2) is 0 Å². The van der Waals surface area contributed by atoms with E-state index in [4.69, 9.17) is 5.73 Å². The standard InChI is InChI=1S/C30H34N4O6S/c31-23(15-19-7-3-1-4-8-19)27(36)32-24(17-21-11-13-22(35)14-12-21)28(37)33-25(16-20-9-5-2-6-10-20)29(38)34-26(18-41)30(39)40/h1-14,23-26,35,41H,15-18,31H2,(H,32,36)(H,33,37)(H,34,38)(H,39,40)/t23-,24-,25-,26-/m0/s1. The summed E-state index contributed by atoms with van der Waals surface area (Å²) in [5, 5.41) is 26.8. The highest BCUT2D eigenvalue weighted by molar-refractivity contribution is 7.80. The van der Waals surface area contributed by atoms with Crippen LogP contribution in [-0.2, 0) is 38.4 Å². The molecule has 0 radical (unpaired) electrons. The van der Waals surface area contributed by atoms with E-state index >= 15 is 0 Å². The van der Waals surface area contributed by atoms with Crippen LogP contribution in [0, 0.1) is 0 Å². The molecule has 41 heavy (non-hydrogen) atoms. The number of carbonyl (C=O) groups is 4. The van der Waals surface area contributed by atoms with Crippen LogP contribution >= 0.6 is 12.6 Å². The molecule has 0 aliphatic rings. The molecule has 0 bridgehead atoms. The third-order valence-electron chi connectivity index (χ3n) is 6.36. The highest BCUT2D eigenvalue weighted by atomic mass is 32.1. The summed E-state index contributed by atoms with van der Waals surface area (Å²) in [5.74, 6) is -3.29. The summed E-state index contributed by atoms with van der Waals surface area (Å²) in [6.07, 6.45) is 0.369. The quantitative estimate of drug-likeness (QED) is 0.141. The van der Waals surface area contributed by atoms with Crippen LogP contribution in [-0.4, -0.2) is 63.8 Å². The van der Waals surface area contributed by atoms with Gasteiger partial charge in [-0.05, 0) is 35.2 Å². The van der Waals surface area contributed by atoms with Crippen molar-refractivity contribution < 1.29 is 29.4 Å². The lowest BCUT2D eigenvalue weighted by Crippen LogP contribution is -2.58. The molecular formula is C30H34N4O6S. The third kappa shape index (κ3) is 9.96. The minimum Gasteiger partial charge on any atom is -0.508 e. The van der Waals surface area contributed by atoms with E-state index in [9.17, 15) is 29.4 Å². The Balaban J connectivity index is 1.82. The van der Waals surface area contributed by atoms with Crippen molar-refractivity contribution in [2.45, 2.75) is 43.4 Å². The molecule has 3 aromatic rings. The summed E-state index contributed by atoms with van der Waals surface area (Å²) in [6, 6.07) is 19.8. The first kappa shape index (κ1) is 31.2. The molecule has 0 heterocycles. The lowest BCUT2D eigenvalue weighted by molar-refractivity contribution is -0.141. The van der Waals surface area contributed by atoms with Crippen molar-refractivity contribution in [3.63, 3.8) is 0 Å². The number of aliphatic carboxylic acids is 1. The van der Waals surface area contributed by atoms with Gasteiger partial charge in [0.1, 0.15) is 23.9 Å². The number of hydrogen-bond acceptors (Lipinski definition) is 7. The molecular weight excluding hydrogens is 544 g/mol. The number of carboxylic acids is 1. The maximum atomic E-state index is 13.6. The van der Waals surface area contributed by atoms with Crippen LogP contribution in [0.5, 0.6) is 5.75 Å². The molecule has 0 aliphatic carbocycles. The van der Waals surface area contributed by atoms with Gasteiger partial charge in [-0.25, -0.2) is 4.79 Å². The van der Waals surface area contributed by atoms with Gasteiger partial charge in [0.25, 0.3) is 0 Å². The van der Waals surface area contributed by atoms with E-state index in [-0.39, 0.29) is 30.8 Å². The second-order valence-corrected chi connectivity index (χ2v) is 9.93. The van der Waals surface area contributed by atoms with E-state index in [1.54, 1.807) is 42.5 Å². The largest absolute Gasteiger partial charge is 0.508 e. The Bertz CT molecular complexity index is 1310. The molecule has 4 atom stereocenters. The second-order valence-electron chi connectivity index (χ2n) is 9.56. The second kappa shape index (κ2) is 15.4. The number of aromatic hydroxyl groups is 1. The van der Waals surface area contributed by atoms with E-state index < -0.39 is 47.9 Å². The van der Waals surface area contributed by atoms with Crippen molar-refractivity contribution >= 4 is 36.3 Å². The predicted octanol–water partition coefficient (Wildman–Crippen LogP) is 1.22. The highest BCUT2D eigenvalue weighted by Crippen LogP contribution is 2.13. The molecule has 7 N–H and O–H groups in total. The first-order valence-corrected chi connectivity index (χ1v) is 13.7. The molecule has 0 fully saturated rings. The number of rotatable bonds is 14. The van der Waals surface area contributed by atoms with Crippen LogP contribution in [0.2, 0.25) is 0 Å². The Hall–Kier alpha value is -4.35. The van der Waals surface area contributed by atoms with E-state index in [1.165, 1.54) is 12.1 Å². The van der Waals surface area contributed by atoms with Gasteiger partial charge in [0.2, 0.25) is 17.7 Å². The number of carboxylic acid groups (broad SMARTS) is 1. The molecule has 0 unspecified atom stereocenters. The van der Waals surface area contributed by atoms with Gasteiger partial charge in [-0.1, -0.05) is 72.8 Å². The van der Waals surface area contributed by atoms with Crippen molar-refractivity contribution in [2.24, 2.45) is 5.73 Å². The summed E-state index contributed by atoms with van der Waals surface area (Å²) in [7, 11) is 0. The fourth-order valence-electron chi connectivity index (χ4n) is 4.11. The first-order valence-electron chi connectivity index (χ1n) is 13.0. The Morgan fingerprint density at radius 2 is 1.05 bits per heavy atom. The number of nitrogens with one attached hydrogen (secondary N) is 3. The van der Waals surface area contributed by atoms with Crippen molar-refractivity contribution in [3.05, 3.63) is 102 Å². The molecule has 0 aliphatic heterocycles. The molecule has 0 saturated heterocycles.